The zero-order chi connectivity index (χ0) is 15.7. The Morgan fingerprint density at radius 1 is 1.36 bits per heavy atom. The molecule has 0 saturated carbocycles. The second kappa shape index (κ2) is 5.59. The van der Waals surface area contributed by atoms with Crippen molar-refractivity contribution in [1.29, 1.82) is 0 Å². The highest BCUT2D eigenvalue weighted by Gasteiger charge is 2.34. The fourth-order valence-corrected chi connectivity index (χ4v) is 2.46. The number of carbonyl (C=O) groups is 2. The number of pyridine rings is 1. The van der Waals surface area contributed by atoms with Crippen LogP contribution < -0.4 is 10.2 Å². The van der Waals surface area contributed by atoms with E-state index in [1.54, 1.807) is 41.2 Å². The Labute approximate surface area is 127 Å². The number of hydrogen-bond acceptors (Lipinski definition) is 4. The van der Waals surface area contributed by atoms with Crippen LogP contribution in [0.25, 0.3) is 0 Å². The van der Waals surface area contributed by atoms with E-state index in [2.05, 4.69) is 15.4 Å². The van der Waals surface area contributed by atoms with E-state index >= 15 is 0 Å². The number of hydrogen-bond donors (Lipinski definition) is 1. The van der Waals surface area contributed by atoms with Crippen molar-refractivity contribution in [2.45, 2.75) is 19.4 Å². The summed E-state index contributed by atoms with van der Waals surface area (Å²) in [4.78, 5) is 30.3. The summed E-state index contributed by atoms with van der Waals surface area (Å²) >= 11 is 0. The van der Waals surface area contributed by atoms with E-state index in [1.165, 1.54) is 6.20 Å². The van der Waals surface area contributed by atoms with Crippen LogP contribution in [0.2, 0.25) is 0 Å². The average molecular weight is 299 g/mol. The van der Waals surface area contributed by atoms with Crippen molar-refractivity contribution in [2.24, 2.45) is 7.05 Å². The number of amides is 2. The van der Waals surface area contributed by atoms with Gasteiger partial charge in [0.15, 0.2) is 0 Å². The van der Waals surface area contributed by atoms with Gasteiger partial charge in [0.2, 0.25) is 5.91 Å². The predicted molar refractivity (Wildman–Crippen MR) is 80.4 cm³/mol. The van der Waals surface area contributed by atoms with Gasteiger partial charge in [-0.1, -0.05) is 0 Å². The van der Waals surface area contributed by atoms with Crippen molar-refractivity contribution in [2.75, 3.05) is 11.4 Å². The van der Waals surface area contributed by atoms with Gasteiger partial charge < -0.3 is 10.2 Å². The molecule has 2 aromatic heterocycles. The van der Waals surface area contributed by atoms with Gasteiger partial charge in [0.25, 0.3) is 5.91 Å². The molecule has 22 heavy (non-hydrogen) atoms. The summed E-state index contributed by atoms with van der Waals surface area (Å²) in [6, 6.07) is 2.97. The molecule has 1 N–H and O–H groups in total. The average Bonchev–Trinajstić information content (AvgIpc) is 3.07. The lowest BCUT2D eigenvalue weighted by Gasteiger charge is -2.15. The Balaban J connectivity index is 1.68. The van der Waals surface area contributed by atoms with Crippen molar-refractivity contribution < 1.29 is 9.59 Å². The molecule has 7 nitrogen and oxygen atoms in total. The molecule has 0 aromatic carbocycles. The van der Waals surface area contributed by atoms with Gasteiger partial charge in [-0.05, 0) is 25.5 Å². The molecule has 0 spiro atoms. The van der Waals surface area contributed by atoms with Crippen LogP contribution in [0, 0.1) is 6.92 Å². The molecule has 1 unspecified atom stereocenters. The Morgan fingerprint density at radius 3 is 2.82 bits per heavy atom. The van der Waals surface area contributed by atoms with E-state index in [9.17, 15) is 9.59 Å². The standard InChI is InChI=1S/C15H17N5O2/c1-10-3-4-11(7-16-10)14(21)18-13-5-6-20(15(13)22)12-8-17-19(2)9-12/h3-4,7-9,13H,5-6H2,1-2H3,(H,18,21). The minimum atomic E-state index is -0.506. The molecule has 0 bridgehead atoms. The maximum atomic E-state index is 12.4. The van der Waals surface area contributed by atoms with Crippen molar-refractivity contribution in [3.8, 4) is 0 Å². The smallest absolute Gasteiger partial charge is 0.253 e. The molecular formula is C15H17N5O2. The second-order valence-electron chi connectivity index (χ2n) is 5.37. The highest BCUT2D eigenvalue weighted by molar-refractivity contribution is 6.03. The SMILES string of the molecule is Cc1ccc(C(=O)NC2CCN(c3cnn(C)c3)C2=O)cn1. The van der Waals surface area contributed by atoms with Gasteiger partial charge in [-0.15, -0.1) is 0 Å². The third kappa shape index (κ3) is 2.69. The largest absolute Gasteiger partial charge is 0.340 e. The van der Waals surface area contributed by atoms with Gasteiger partial charge in [-0.25, -0.2) is 0 Å². The normalized spacial score (nSPS) is 17.8. The summed E-state index contributed by atoms with van der Waals surface area (Å²) in [5, 5.41) is 6.84. The molecule has 7 heteroatoms. The molecule has 3 rings (SSSR count). The third-order valence-electron chi connectivity index (χ3n) is 3.69. The number of anilines is 1. The van der Waals surface area contributed by atoms with Gasteiger partial charge in [-0.3, -0.25) is 19.3 Å². The Morgan fingerprint density at radius 2 is 2.18 bits per heavy atom. The zero-order valence-electron chi connectivity index (χ0n) is 12.5. The van der Waals surface area contributed by atoms with Crippen LogP contribution in [-0.4, -0.2) is 39.2 Å². The molecular weight excluding hydrogens is 282 g/mol. The maximum Gasteiger partial charge on any atom is 0.253 e. The summed E-state index contributed by atoms with van der Waals surface area (Å²) in [6.07, 6.45) is 5.53. The first-order valence-corrected chi connectivity index (χ1v) is 7.08. The number of rotatable bonds is 3. The monoisotopic (exact) mass is 299 g/mol. The minimum absolute atomic E-state index is 0.110. The van der Waals surface area contributed by atoms with Gasteiger partial charge >= 0.3 is 0 Å². The number of nitrogens with zero attached hydrogens (tertiary/aromatic N) is 4. The van der Waals surface area contributed by atoms with E-state index in [-0.39, 0.29) is 11.8 Å². The zero-order valence-corrected chi connectivity index (χ0v) is 12.5. The van der Waals surface area contributed by atoms with Crippen LogP contribution >= 0.6 is 0 Å². The Hall–Kier alpha value is -2.70. The van der Waals surface area contributed by atoms with Gasteiger partial charge in [0, 0.05) is 31.7 Å². The van der Waals surface area contributed by atoms with Gasteiger partial charge in [0.05, 0.1) is 17.4 Å². The predicted octanol–water partition coefficient (Wildman–Crippen LogP) is 0.659. The molecule has 2 amide bonds. The van der Waals surface area contributed by atoms with E-state index < -0.39 is 6.04 Å². The summed E-state index contributed by atoms with van der Waals surface area (Å²) in [7, 11) is 1.80. The highest BCUT2D eigenvalue weighted by atomic mass is 16.2. The molecule has 1 saturated heterocycles. The summed E-state index contributed by atoms with van der Waals surface area (Å²) < 4.78 is 1.65. The van der Waals surface area contributed by atoms with Crippen LogP contribution in [0.1, 0.15) is 22.5 Å². The van der Waals surface area contributed by atoms with E-state index in [0.717, 1.165) is 11.4 Å². The molecule has 2 aromatic rings. The van der Waals surface area contributed by atoms with Crippen LogP contribution in [-0.2, 0) is 11.8 Å². The first-order valence-electron chi connectivity index (χ1n) is 7.08. The summed E-state index contributed by atoms with van der Waals surface area (Å²) in [6.45, 7) is 2.43. The summed E-state index contributed by atoms with van der Waals surface area (Å²) in [5.41, 5.74) is 2.05. The number of aromatic nitrogens is 3. The fourth-order valence-electron chi connectivity index (χ4n) is 2.46. The molecule has 1 aliphatic rings. The molecule has 3 heterocycles. The number of carbonyl (C=O) groups excluding carboxylic acids is 2. The van der Waals surface area contributed by atoms with Gasteiger partial charge in [0.1, 0.15) is 6.04 Å². The lowest BCUT2D eigenvalue weighted by molar-refractivity contribution is -0.118. The Kier molecular flexibility index (Phi) is 3.62. The van der Waals surface area contributed by atoms with Gasteiger partial charge in [-0.2, -0.15) is 5.10 Å². The molecule has 1 atom stereocenters. The number of aryl methyl sites for hydroxylation is 2. The van der Waals surface area contributed by atoms with Crippen LogP contribution in [0.3, 0.4) is 0 Å². The lowest BCUT2D eigenvalue weighted by Crippen LogP contribution is -2.41. The molecule has 1 fully saturated rings. The van der Waals surface area contributed by atoms with E-state index in [4.69, 9.17) is 0 Å². The van der Waals surface area contributed by atoms with Crippen LogP contribution in [0.5, 0.6) is 0 Å². The van der Waals surface area contributed by atoms with Crippen molar-refractivity contribution in [3.05, 3.63) is 42.0 Å². The molecule has 1 aliphatic heterocycles. The lowest BCUT2D eigenvalue weighted by atomic mass is 10.2. The second-order valence-corrected chi connectivity index (χ2v) is 5.37. The third-order valence-corrected chi connectivity index (χ3v) is 3.69. The molecule has 114 valence electrons. The first-order chi connectivity index (χ1) is 10.5. The topological polar surface area (TPSA) is 80.1 Å². The maximum absolute atomic E-state index is 12.4. The highest BCUT2D eigenvalue weighted by Crippen LogP contribution is 2.20. The minimum Gasteiger partial charge on any atom is -0.340 e. The van der Waals surface area contributed by atoms with Crippen LogP contribution in [0.4, 0.5) is 5.69 Å². The molecule has 0 aliphatic carbocycles. The van der Waals surface area contributed by atoms with Crippen LogP contribution in [0.15, 0.2) is 30.7 Å². The first kappa shape index (κ1) is 14.2. The quantitative estimate of drug-likeness (QED) is 0.903. The molecule has 0 radical (unpaired) electrons. The van der Waals surface area contributed by atoms with E-state index in [1.807, 2.05) is 6.92 Å². The van der Waals surface area contributed by atoms with Crippen molar-refractivity contribution >= 4 is 17.5 Å². The van der Waals surface area contributed by atoms with E-state index in [0.29, 0.717) is 18.5 Å². The van der Waals surface area contributed by atoms with Crippen molar-refractivity contribution in [1.82, 2.24) is 20.1 Å². The fraction of sp³-hybridized carbons (Fsp3) is 0.333. The summed E-state index contributed by atoms with van der Waals surface area (Å²) in [5.74, 6) is -0.389. The Bertz CT molecular complexity index is 707. The number of nitrogens with one attached hydrogen (secondary N) is 1. The van der Waals surface area contributed by atoms with Crippen molar-refractivity contribution in [3.63, 3.8) is 0 Å².